The van der Waals surface area contributed by atoms with Gasteiger partial charge in [-0.05, 0) is 29.9 Å². The van der Waals surface area contributed by atoms with E-state index in [0.29, 0.717) is 12.8 Å². The Labute approximate surface area is 219 Å². The first kappa shape index (κ1) is 28.2. The lowest BCUT2D eigenvalue weighted by atomic mass is 9.73. The van der Waals surface area contributed by atoms with Crippen molar-refractivity contribution >= 4 is 28.8 Å². The van der Waals surface area contributed by atoms with Gasteiger partial charge in [-0.1, -0.05) is 65.8 Å². The number of nitrogens with zero attached hydrogens (tertiary/aromatic N) is 2. The molecule has 1 aromatic heterocycles. The third kappa shape index (κ3) is 6.68. The van der Waals surface area contributed by atoms with Gasteiger partial charge in [0.05, 0.1) is 28.2 Å². The van der Waals surface area contributed by atoms with Gasteiger partial charge in [0.25, 0.3) is 0 Å². The summed E-state index contributed by atoms with van der Waals surface area (Å²) in [6.45, 7) is 13.5. The summed E-state index contributed by atoms with van der Waals surface area (Å²) in [5, 5.41) is 10.4. The number of β-amino-alcohol motifs (C(OH)–C–C–N with tert-alkyl or cyclic N) is 1. The van der Waals surface area contributed by atoms with Gasteiger partial charge in [-0.25, -0.2) is 4.98 Å². The fourth-order valence-corrected chi connectivity index (χ4v) is 5.47. The maximum absolute atomic E-state index is 13.7. The molecule has 36 heavy (non-hydrogen) atoms. The number of amides is 1. The van der Waals surface area contributed by atoms with E-state index in [9.17, 15) is 19.5 Å². The molecule has 1 saturated heterocycles. The number of hydrogen-bond acceptors (Lipinski definition) is 6. The molecule has 0 saturated carbocycles. The summed E-state index contributed by atoms with van der Waals surface area (Å²) in [7, 11) is 0. The number of aromatic nitrogens is 1. The highest BCUT2D eigenvalue weighted by molar-refractivity contribution is 7.13. The van der Waals surface area contributed by atoms with E-state index < -0.39 is 28.9 Å². The third-order valence-electron chi connectivity index (χ3n) is 7.12. The van der Waals surface area contributed by atoms with Crippen LogP contribution in [0.3, 0.4) is 0 Å². The van der Waals surface area contributed by atoms with Gasteiger partial charge in [-0.2, -0.15) is 0 Å². The Hall–Kier alpha value is -2.38. The quantitative estimate of drug-likeness (QED) is 0.522. The predicted octanol–water partition coefficient (Wildman–Crippen LogP) is 5.25. The number of thiazole rings is 1. The van der Waals surface area contributed by atoms with Gasteiger partial charge in [0.15, 0.2) is 5.78 Å². The summed E-state index contributed by atoms with van der Waals surface area (Å²) in [6.07, 6.45) is 0.508. The highest BCUT2D eigenvalue weighted by atomic mass is 32.1. The minimum absolute atomic E-state index is 0.0235. The van der Waals surface area contributed by atoms with Gasteiger partial charge in [-0.3, -0.25) is 14.4 Å². The first-order chi connectivity index (χ1) is 16.7. The highest BCUT2D eigenvalue weighted by Gasteiger charge is 2.44. The molecular weight excluding hydrogens is 472 g/mol. The van der Waals surface area contributed by atoms with Crippen LogP contribution in [-0.4, -0.2) is 51.2 Å². The molecule has 3 atom stereocenters. The van der Waals surface area contributed by atoms with Crippen molar-refractivity contribution in [3.8, 4) is 10.4 Å². The number of likely N-dealkylation sites (tertiary alicyclic amines) is 1. The van der Waals surface area contributed by atoms with E-state index in [4.69, 9.17) is 0 Å². The van der Waals surface area contributed by atoms with E-state index in [1.165, 1.54) is 4.90 Å². The second-order valence-corrected chi connectivity index (χ2v) is 13.0. The second kappa shape index (κ2) is 10.9. The average Bonchev–Trinajstić information content (AvgIpc) is 3.39. The number of hydrogen-bond donors (Lipinski definition) is 1. The third-order valence-corrected chi connectivity index (χ3v) is 8.10. The molecule has 7 heteroatoms. The lowest BCUT2D eigenvalue weighted by Crippen LogP contribution is -2.48. The van der Waals surface area contributed by atoms with Gasteiger partial charge in [0, 0.05) is 37.1 Å². The Morgan fingerprint density at radius 1 is 1.11 bits per heavy atom. The van der Waals surface area contributed by atoms with Gasteiger partial charge in [0.2, 0.25) is 5.91 Å². The molecule has 3 rings (SSSR count). The smallest absolute Gasteiger partial charge is 0.227 e. The largest absolute Gasteiger partial charge is 0.391 e. The summed E-state index contributed by atoms with van der Waals surface area (Å²) in [4.78, 5) is 46.7. The summed E-state index contributed by atoms with van der Waals surface area (Å²) in [5.74, 6) is -0.778. The van der Waals surface area contributed by atoms with Crippen LogP contribution in [0.25, 0.3) is 10.4 Å². The molecular formula is C29H40N2O4S. The number of ketones is 2. The number of carbonyl (C=O) groups excluding carboxylic acids is 3. The van der Waals surface area contributed by atoms with Crippen molar-refractivity contribution in [2.45, 2.75) is 86.3 Å². The number of aliphatic hydroxyl groups is 1. The lowest BCUT2D eigenvalue weighted by Gasteiger charge is -2.35. The van der Waals surface area contributed by atoms with Crippen molar-refractivity contribution < 1.29 is 19.5 Å². The number of benzene rings is 1. The number of aliphatic hydroxyl groups excluding tert-OH is 1. The Kier molecular flexibility index (Phi) is 8.56. The fourth-order valence-electron chi connectivity index (χ4n) is 4.65. The van der Waals surface area contributed by atoms with Crippen molar-refractivity contribution in [1.29, 1.82) is 0 Å². The molecule has 0 unspecified atom stereocenters. The van der Waals surface area contributed by atoms with Crippen molar-refractivity contribution in [3.63, 3.8) is 0 Å². The first-order valence-corrected chi connectivity index (χ1v) is 13.6. The number of rotatable bonds is 8. The Morgan fingerprint density at radius 2 is 1.75 bits per heavy atom. The van der Waals surface area contributed by atoms with E-state index in [2.05, 4.69) is 17.1 Å². The van der Waals surface area contributed by atoms with Crippen molar-refractivity contribution in [1.82, 2.24) is 9.88 Å². The SMILES string of the molecule is Cc1ncsc1-c1ccc(CCC(=O)[C@@H]2C[C@@H](O)CN2C(=O)[C@@H](CC(=O)C(C)(C)C)C(C)(C)C)cc1. The van der Waals surface area contributed by atoms with Gasteiger partial charge in [-0.15, -0.1) is 11.3 Å². The maximum Gasteiger partial charge on any atom is 0.227 e. The average molecular weight is 513 g/mol. The topological polar surface area (TPSA) is 87.6 Å². The normalized spacial score (nSPS) is 19.4. The number of aryl methyl sites for hydroxylation is 2. The van der Waals surface area contributed by atoms with Crippen LogP contribution in [0.4, 0.5) is 0 Å². The van der Waals surface area contributed by atoms with Crippen LogP contribution in [0.1, 0.15) is 72.1 Å². The Bertz CT molecular complexity index is 1090. The molecule has 2 aromatic rings. The molecule has 0 radical (unpaired) electrons. The van der Waals surface area contributed by atoms with Crippen molar-refractivity contribution in [3.05, 3.63) is 41.0 Å². The van der Waals surface area contributed by atoms with Gasteiger partial charge in [0.1, 0.15) is 5.78 Å². The van der Waals surface area contributed by atoms with Crippen LogP contribution in [0.2, 0.25) is 0 Å². The monoisotopic (exact) mass is 512 g/mol. The summed E-state index contributed by atoms with van der Waals surface area (Å²) in [5.41, 5.74) is 4.01. The molecule has 0 spiro atoms. The molecule has 0 aliphatic carbocycles. The maximum atomic E-state index is 13.7. The Balaban J connectivity index is 1.69. The highest BCUT2D eigenvalue weighted by Crippen LogP contribution is 2.36. The molecule has 1 N–H and O–H groups in total. The zero-order chi connectivity index (χ0) is 26.8. The predicted molar refractivity (Wildman–Crippen MR) is 144 cm³/mol. The minimum Gasteiger partial charge on any atom is -0.391 e. The zero-order valence-electron chi connectivity index (χ0n) is 22.6. The molecule has 2 heterocycles. The second-order valence-electron chi connectivity index (χ2n) is 12.1. The molecule has 1 fully saturated rings. The zero-order valence-corrected chi connectivity index (χ0v) is 23.4. The fraction of sp³-hybridized carbons (Fsp3) is 0.586. The molecule has 0 bridgehead atoms. The Morgan fingerprint density at radius 3 is 2.28 bits per heavy atom. The van der Waals surface area contributed by atoms with E-state index in [1.807, 2.05) is 66.1 Å². The molecule has 1 aromatic carbocycles. The summed E-state index contributed by atoms with van der Waals surface area (Å²) >= 11 is 1.61. The van der Waals surface area contributed by atoms with Crippen LogP contribution < -0.4 is 0 Å². The van der Waals surface area contributed by atoms with Crippen molar-refractivity contribution in [2.24, 2.45) is 16.7 Å². The minimum atomic E-state index is -0.733. The van der Waals surface area contributed by atoms with Crippen LogP contribution >= 0.6 is 11.3 Å². The van der Waals surface area contributed by atoms with Crippen LogP contribution in [0.5, 0.6) is 0 Å². The van der Waals surface area contributed by atoms with Crippen LogP contribution in [-0.2, 0) is 20.8 Å². The van der Waals surface area contributed by atoms with Crippen LogP contribution in [0, 0.1) is 23.7 Å². The molecule has 1 amide bonds. The molecule has 6 nitrogen and oxygen atoms in total. The van der Waals surface area contributed by atoms with E-state index in [1.54, 1.807) is 11.3 Å². The van der Waals surface area contributed by atoms with Crippen LogP contribution in [0.15, 0.2) is 29.8 Å². The molecule has 1 aliphatic rings. The number of carbonyl (C=O) groups is 3. The van der Waals surface area contributed by atoms with E-state index in [0.717, 1.165) is 21.7 Å². The first-order valence-electron chi connectivity index (χ1n) is 12.7. The van der Waals surface area contributed by atoms with Gasteiger partial charge >= 0.3 is 0 Å². The molecule has 196 valence electrons. The van der Waals surface area contributed by atoms with Gasteiger partial charge < -0.3 is 10.0 Å². The standard InChI is InChI=1S/C29H40N2O4S/c1-18-26(36-17-30-18)20-11-8-19(9-12-20)10-13-24(33)23-14-21(32)16-31(23)27(35)22(28(2,3)4)15-25(34)29(5,6)7/h8-9,11-12,17,21-23,32H,10,13-16H2,1-7H3/t21-,22-,23+/m1/s1. The summed E-state index contributed by atoms with van der Waals surface area (Å²) in [6, 6.07) is 7.51. The van der Waals surface area contributed by atoms with E-state index >= 15 is 0 Å². The van der Waals surface area contributed by atoms with Crippen molar-refractivity contribution in [2.75, 3.05) is 6.54 Å². The summed E-state index contributed by atoms with van der Waals surface area (Å²) < 4.78 is 0. The number of Topliss-reactive ketones (excluding diaryl/α,β-unsaturated/α-hetero) is 2. The lowest BCUT2D eigenvalue weighted by molar-refractivity contribution is -0.146. The molecule has 1 aliphatic heterocycles. The van der Waals surface area contributed by atoms with E-state index in [-0.39, 0.29) is 36.9 Å².